The minimum absolute atomic E-state index is 0.0511. The van der Waals surface area contributed by atoms with Crippen LogP contribution in [0.15, 0.2) is 65.4 Å². The van der Waals surface area contributed by atoms with Gasteiger partial charge in [0.05, 0.1) is 6.26 Å². The van der Waals surface area contributed by atoms with Crippen molar-refractivity contribution in [2.45, 2.75) is 12.9 Å². The van der Waals surface area contributed by atoms with Crippen molar-refractivity contribution >= 4 is 5.91 Å². The number of hydrogen-bond acceptors (Lipinski definition) is 4. The Balaban J connectivity index is 1.71. The SMILES string of the molecule is O=C(NCc1cccnc1-c1ccco1)c1cccc(OC(F)(F)F)c1. The van der Waals surface area contributed by atoms with Crippen molar-refractivity contribution in [3.05, 3.63) is 72.1 Å². The Labute approximate surface area is 146 Å². The molecule has 0 bridgehead atoms. The molecule has 1 amide bonds. The second-order valence-corrected chi connectivity index (χ2v) is 5.25. The van der Waals surface area contributed by atoms with E-state index in [1.165, 1.54) is 18.4 Å². The molecule has 134 valence electrons. The lowest BCUT2D eigenvalue weighted by Gasteiger charge is -2.11. The standard InChI is InChI=1S/C18H13F3N2O3/c19-18(20,21)26-14-6-1-4-12(10-14)17(24)23-11-13-5-2-8-22-16(13)15-7-3-9-25-15/h1-10H,11H2,(H,23,24). The van der Waals surface area contributed by atoms with E-state index in [4.69, 9.17) is 4.42 Å². The zero-order valence-electron chi connectivity index (χ0n) is 13.3. The predicted octanol–water partition coefficient (Wildman–Crippen LogP) is 4.17. The zero-order valence-corrected chi connectivity index (χ0v) is 13.3. The van der Waals surface area contributed by atoms with Gasteiger partial charge in [-0.05, 0) is 36.4 Å². The lowest BCUT2D eigenvalue weighted by atomic mass is 10.1. The molecule has 0 saturated heterocycles. The molecule has 2 aromatic heterocycles. The van der Waals surface area contributed by atoms with E-state index in [0.717, 1.165) is 12.1 Å². The van der Waals surface area contributed by atoms with Gasteiger partial charge in [-0.25, -0.2) is 0 Å². The lowest BCUT2D eigenvalue weighted by Crippen LogP contribution is -2.23. The summed E-state index contributed by atoms with van der Waals surface area (Å²) in [4.78, 5) is 16.5. The van der Waals surface area contributed by atoms with Crippen LogP contribution in [0.1, 0.15) is 15.9 Å². The van der Waals surface area contributed by atoms with Gasteiger partial charge in [0, 0.05) is 23.9 Å². The van der Waals surface area contributed by atoms with E-state index in [-0.39, 0.29) is 12.1 Å². The molecule has 0 radical (unpaired) electrons. The fraction of sp³-hybridized carbons (Fsp3) is 0.111. The third-order valence-corrected chi connectivity index (χ3v) is 3.42. The molecule has 3 rings (SSSR count). The highest BCUT2D eigenvalue weighted by atomic mass is 19.4. The molecule has 5 nitrogen and oxygen atoms in total. The van der Waals surface area contributed by atoms with Gasteiger partial charge in [-0.2, -0.15) is 0 Å². The molecule has 2 heterocycles. The third-order valence-electron chi connectivity index (χ3n) is 3.42. The zero-order chi connectivity index (χ0) is 18.6. The highest BCUT2D eigenvalue weighted by molar-refractivity contribution is 5.94. The first-order valence-corrected chi connectivity index (χ1v) is 7.54. The van der Waals surface area contributed by atoms with Gasteiger partial charge >= 0.3 is 6.36 Å². The highest BCUT2D eigenvalue weighted by Gasteiger charge is 2.31. The van der Waals surface area contributed by atoms with Gasteiger partial charge in [-0.1, -0.05) is 12.1 Å². The molecule has 0 saturated carbocycles. The molecular formula is C18H13F3N2O3. The Morgan fingerprint density at radius 3 is 2.73 bits per heavy atom. The molecule has 26 heavy (non-hydrogen) atoms. The van der Waals surface area contributed by atoms with Crippen LogP contribution in [0.2, 0.25) is 0 Å². The van der Waals surface area contributed by atoms with Gasteiger partial charge < -0.3 is 14.5 Å². The Morgan fingerprint density at radius 1 is 1.15 bits per heavy atom. The number of furan rings is 1. The van der Waals surface area contributed by atoms with Crippen molar-refractivity contribution in [3.8, 4) is 17.2 Å². The van der Waals surface area contributed by atoms with E-state index in [9.17, 15) is 18.0 Å². The number of nitrogens with zero attached hydrogens (tertiary/aromatic N) is 1. The number of hydrogen-bond donors (Lipinski definition) is 1. The number of nitrogens with one attached hydrogen (secondary N) is 1. The van der Waals surface area contributed by atoms with Crippen LogP contribution in [0.3, 0.4) is 0 Å². The molecule has 0 aliphatic rings. The largest absolute Gasteiger partial charge is 0.573 e. The van der Waals surface area contributed by atoms with Crippen molar-refractivity contribution in [2.24, 2.45) is 0 Å². The number of benzene rings is 1. The monoisotopic (exact) mass is 362 g/mol. The van der Waals surface area contributed by atoms with Gasteiger partial charge in [0.1, 0.15) is 11.4 Å². The molecule has 0 spiro atoms. The Morgan fingerprint density at radius 2 is 2.00 bits per heavy atom. The van der Waals surface area contributed by atoms with E-state index in [1.54, 1.807) is 30.5 Å². The summed E-state index contributed by atoms with van der Waals surface area (Å²) in [5.74, 6) is -0.440. The molecular weight excluding hydrogens is 349 g/mol. The summed E-state index contributed by atoms with van der Waals surface area (Å²) < 4.78 is 46.0. The van der Waals surface area contributed by atoms with Crippen molar-refractivity contribution in [1.29, 1.82) is 0 Å². The molecule has 1 aromatic carbocycles. The van der Waals surface area contributed by atoms with Gasteiger partial charge in [0.15, 0.2) is 5.76 Å². The Kier molecular flexibility index (Phi) is 4.92. The van der Waals surface area contributed by atoms with E-state index in [2.05, 4.69) is 15.0 Å². The van der Waals surface area contributed by atoms with Crippen molar-refractivity contribution in [2.75, 3.05) is 0 Å². The molecule has 0 fully saturated rings. The summed E-state index contributed by atoms with van der Waals surface area (Å²) in [7, 11) is 0. The first kappa shape index (κ1) is 17.5. The van der Waals surface area contributed by atoms with Crippen LogP contribution in [0.5, 0.6) is 5.75 Å². The number of rotatable bonds is 5. The quantitative estimate of drug-likeness (QED) is 0.740. The van der Waals surface area contributed by atoms with Crippen LogP contribution < -0.4 is 10.1 Å². The first-order chi connectivity index (χ1) is 12.4. The molecule has 0 aliphatic heterocycles. The summed E-state index contributed by atoms with van der Waals surface area (Å²) in [6.07, 6.45) is -1.71. The number of ether oxygens (including phenoxy) is 1. The summed E-state index contributed by atoms with van der Waals surface area (Å²) in [6.45, 7) is 0.132. The van der Waals surface area contributed by atoms with Crippen molar-refractivity contribution < 1.29 is 27.1 Å². The number of amides is 1. The second kappa shape index (κ2) is 7.30. The molecule has 0 atom stereocenters. The number of pyridine rings is 1. The van der Waals surface area contributed by atoms with Crippen LogP contribution in [-0.2, 0) is 6.54 Å². The maximum Gasteiger partial charge on any atom is 0.573 e. The summed E-state index contributed by atoms with van der Waals surface area (Å²) in [5, 5.41) is 2.65. The molecule has 1 N–H and O–H groups in total. The van der Waals surface area contributed by atoms with Gasteiger partial charge in [0.25, 0.3) is 5.91 Å². The minimum atomic E-state index is -4.82. The molecule has 3 aromatic rings. The van der Waals surface area contributed by atoms with Crippen LogP contribution in [0, 0.1) is 0 Å². The number of aromatic nitrogens is 1. The van der Waals surface area contributed by atoms with E-state index < -0.39 is 18.0 Å². The fourth-order valence-electron chi connectivity index (χ4n) is 2.33. The number of carbonyl (C=O) groups excluding carboxylic acids is 1. The summed E-state index contributed by atoms with van der Waals surface area (Å²) >= 11 is 0. The van der Waals surface area contributed by atoms with E-state index in [1.807, 2.05) is 0 Å². The number of halogens is 3. The van der Waals surface area contributed by atoms with Crippen LogP contribution in [0.4, 0.5) is 13.2 Å². The predicted molar refractivity (Wildman–Crippen MR) is 86.2 cm³/mol. The maximum atomic E-state index is 12.3. The van der Waals surface area contributed by atoms with Gasteiger partial charge in [-0.15, -0.1) is 13.2 Å². The van der Waals surface area contributed by atoms with Crippen LogP contribution >= 0.6 is 0 Å². The molecule has 8 heteroatoms. The van der Waals surface area contributed by atoms with Crippen LogP contribution in [0.25, 0.3) is 11.5 Å². The number of carbonyl (C=O) groups is 1. The highest BCUT2D eigenvalue weighted by Crippen LogP contribution is 2.24. The second-order valence-electron chi connectivity index (χ2n) is 5.25. The number of alkyl halides is 3. The van der Waals surface area contributed by atoms with Crippen molar-refractivity contribution in [3.63, 3.8) is 0 Å². The Hall–Kier alpha value is -3.29. The third kappa shape index (κ3) is 4.41. The topological polar surface area (TPSA) is 64.4 Å². The smallest absolute Gasteiger partial charge is 0.463 e. The van der Waals surface area contributed by atoms with E-state index >= 15 is 0 Å². The average molecular weight is 362 g/mol. The van der Waals surface area contributed by atoms with E-state index in [0.29, 0.717) is 17.0 Å². The minimum Gasteiger partial charge on any atom is -0.463 e. The Bertz CT molecular complexity index is 893. The van der Waals surface area contributed by atoms with Crippen molar-refractivity contribution in [1.82, 2.24) is 10.3 Å². The average Bonchev–Trinajstić information content (AvgIpc) is 3.13. The van der Waals surface area contributed by atoms with Crippen LogP contribution in [-0.4, -0.2) is 17.3 Å². The summed E-state index contributed by atoms with van der Waals surface area (Å²) in [6, 6.07) is 11.8. The van der Waals surface area contributed by atoms with Gasteiger partial charge in [-0.3, -0.25) is 9.78 Å². The molecule has 0 aliphatic carbocycles. The fourth-order valence-corrected chi connectivity index (χ4v) is 2.33. The maximum absolute atomic E-state index is 12.3. The van der Waals surface area contributed by atoms with Gasteiger partial charge in [0.2, 0.25) is 0 Å². The summed E-state index contributed by atoms with van der Waals surface area (Å²) in [5.41, 5.74) is 1.33. The molecule has 0 unspecified atom stereocenters. The first-order valence-electron chi connectivity index (χ1n) is 7.54. The normalized spacial score (nSPS) is 11.2. The lowest BCUT2D eigenvalue weighted by molar-refractivity contribution is -0.274.